The van der Waals surface area contributed by atoms with Crippen molar-refractivity contribution in [1.82, 2.24) is 9.55 Å². The van der Waals surface area contributed by atoms with Crippen molar-refractivity contribution in [3.8, 4) is 11.8 Å². The molecule has 0 fully saturated rings. The van der Waals surface area contributed by atoms with Gasteiger partial charge in [-0.05, 0) is 42.5 Å². The summed E-state index contributed by atoms with van der Waals surface area (Å²) in [4.78, 5) is 40.6. The van der Waals surface area contributed by atoms with Gasteiger partial charge in [0.2, 0.25) is 5.91 Å². The molecule has 1 N–H and O–H groups in total. The van der Waals surface area contributed by atoms with Crippen molar-refractivity contribution in [1.29, 1.82) is 5.26 Å². The number of nitrogens with one attached hydrogen (secondary N) is 1. The third-order valence-electron chi connectivity index (χ3n) is 4.77. The lowest BCUT2D eigenvalue weighted by Crippen LogP contribution is -2.23. The number of non-ortho nitro benzene ring substituents is 1. The van der Waals surface area contributed by atoms with Gasteiger partial charge >= 0.3 is 0 Å². The van der Waals surface area contributed by atoms with Crippen LogP contribution >= 0.6 is 23.4 Å². The van der Waals surface area contributed by atoms with E-state index in [1.807, 2.05) is 6.07 Å². The molecule has 11 heteroatoms. The molecule has 0 aliphatic carbocycles. The summed E-state index contributed by atoms with van der Waals surface area (Å²) >= 11 is 7.09. The molecule has 4 aromatic rings. The normalized spacial score (nSPS) is 10.6. The van der Waals surface area contributed by atoms with Crippen LogP contribution in [0, 0.1) is 21.4 Å². The predicted molar refractivity (Wildman–Crippen MR) is 130 cm³/mol. The maximum absolute atomic E-state index is 13.2. The molecule has 0 saturated heterocycles. The predicted octanol–water partition coefficient (Wildman–Crippen LogP) is 4.55. The number of nitro benzene ring substituents is 1. The standard InChI is InChI=1S/C23H14ClN5O4S/c24-18-11-16(29(32)33)9-10-20(18)26-21(30)13-34-23-27-19-4-2-1-3-17(19)22(31)28(23)15-7-5-14(12-25)6-8-15/h1-11H,13H2,(H,26,30). The molecule has 0 aliphatic heterocycles. The van der Waals surface area contributed by atoms with Crippen LogP contribution in [0.3, 0.4) is 0 Å². The highest BCUT2D eigenvalue weighted by Gasteiger charge is 2.16. The Hall–Kier alpha value is -4.20. The number of nitriles is 1. The van der Waals surface area contributed by atoms with E-state index in [1.165, 1.54) is 16.7 Å². The average molecular weight is 492 g/mol. The number of carbonyl (C=O) groups is 1. The molecule has 34 heavy (non-hydrogen) atoms. The van der Waals surface area contributed by atoms with Crippen molar-refractivity contribution in [3.63, 3.8) is 0 Å². The topological polar surface area (TPSA) is 131 Å². The first-order chi connectivity index (χ1) is 16.4. The minimum absolute atomic E-state index is 0.0332. The van der Waals surface area contributed by atoms with Gasteiger partial charge in [-0.25, -0.2) is 4.98 Å². The summed E-state index contributed by atoms with van der Waals surface area (Å²) in [6, 6.07) is 19.1. The van der Waals surface area contributed by atoms with Crippen LogP contribution in [0.4, 0.5) is 11.4 Å². The quantitative estimate of drug-likeness (QED) is 0.181. The number of thioether (sulfide) groups is 1. The fourth-order valence-corrected chi connectivity index (χ4v) is 4.19. The maximum Gasteiger partial charge on any atom is 0.271 e. The number of nitrogens with zero attached hydrogens (tertiary/aromatic N) is 4. The van der Waals surface area contributed by atoms with Gasteiger partial charge in [0.15, 0.2) is 5.16 Å². The van der Waals surface area contributed by atoms with Crippen LogP contribution in [0.25, 0.3) is 16.6 Å². The van der Waals surface area contributed by atoms with Gasteiger partial charge in [0, 0.05) is 12.1 Å². The maximum atomic E-state index is 13.2. The van der Waals surface area contributed by atoms with E-state index in [2.05, 4.69) is 10.3 Å². The van der Waals surface area contributed by atoms with Gasteiger partial charge in [-0.15, -0.1) is 0 Å². The Morgan fingerprint density at radius 2 is 1.91 bits per heavy atom. The summed E-state index contributed by atoms with van der Waals surface area (Å²) in [5.41, 5.74) is 1.16. The molecule has 1 heterocycles. The second-order valence-corrected chi connectivity index (χ2v) is 8.32. The minimum atomic E-state index is -0.582. The molecule has 0 bridgehead atoms. The molecule has 0 atom stereocenters. The Bertz CT molecular complexity index is 1530. The number of benzene rings is 3. The second kappa shape index (κ2) is 9.74. The lowest BCUT2D eigenvalue weighted by molar-refractivity contribution is -0.384. The second-order valence-electron chi connectivity index (χ2n) is 6.97. The highest BCUT2D eigenvalue weighted by atomic mass is 35.5. The Balaban J connectivity index is 1.63. The first-order valence-electron chi connectivity index (χ1n) is 9.76. The van der Waals surface area contributed by atoms with E-state index >= 15 is 0 Å². The van der Waals surface area contributed by atoms with Crippen LogP contribution in [0.2, 0.25) is 5.02 Å². The first-order valence-corrected chi connectivity index (χ1v) is 11.1. The number of hydrogen-bond donors (Lipinski definition) is 1. The largest absolute Gasteiger partial charge is 0.324 e. The zero-order valence-electron chi connectivity index (χ0n) is 17.3. The van der Waals surface area contributed by atoms with Crippen LogP contribution < -0.4 is 10.9 Å². The molecule has 0 radical (unpaired) electrons. The van der Waals surface area contributed by atoms with E-state index < -0.39 is 10.8 Å². The fraction of sp³-hybridized carbons (Fsp3) is 0.0435. The molecule has 1 amide bonds. The fourth-order valence-electron chi connectivity index (χ4n) is 3.16. The third-order valence-corrected chi connectivity index (χ3v) is 6.02. The number of anilines is 1. The van der Waals surface area contributed by atoms with Gasteiger partial charge in [-0.3, -0.25) is 24.3 Å². The number of para-hydroxylation sites is 1. The van der Waals surface area contributed by atoms with Crippen molar-refractivity contribution in [2.24, 2.45) is 0 Å². The smallest absolute Gasteiger partial charge is 0.271 e. The number of halogens is 1. The highest BCUT2D eigenvalue weighted by Crippen LogP contribution is 2.27. The molecule has 0 spiro atoms. The van der Waals surface area contributed by atoms with E-state index in [0.717, 1.165) is 17.8 Å². The number of carbonyl (C=O) groups excluding carboxylic acids is 1. The van der Waals surface area contributed by atoms with Gasteiger partial charge in [0.25, 0.3) is 11.2 Å². The summed E-state index contributed by atoms with van der Waals surface area (Å²) < 4.78 is 1.39. The van der Waals surface area contributed by atoms with Crippen LogP contribution in [0.15, 0.2) is 76.7 Å². The van der Waals surface area contributed by atoms with Crippen molar-refractivity contribution in [2.45, 2.75) is 5.16 Å². The van der Waals surface area contributed by atoms with Crippen LogP contribution in [-0.4, -0.2) is 26.1 Å². The Morgan fingerprint density at radius 3 is 2.59 bits per heavy atom. The lowest BCUT2D eigenvalue weighted by atomic mass is 10.2. The molecule has 0 unspecified atom stereocenters. The molecule has 168 valence electrons. The number of amides is 1. The van der Waals surface area contributed by atoms with Crippen LogP contribution in [-0.2, 0) is 4.79 Å². The summed E-state index contributed by atoms with van der Waals surface area (Å²) in [7, 11) is 0. The zero-order chi connectivity index (χ0) is 24.2. The molecule has 3 aromatic carbocycles. The number of aromatic nitrogens is 2. The van der Waals surface area contributed by atoms with E-state index in [4.69, 9.17) is 16.9 Å². The van der Waals surface area contributed by atoms with Gasteiger partial charge in [-0.2, -0.15) is 5.26 Å². The molecular formula is C23H14ClN5O4S. The molecular weight excluding hydrogens is 478 g/mol. The third kappa shape index (κ3) is 4.76. The van der Waals surface area contributed by atoms with Crippen molar-refractivity contribution in [2.75, 3.05) is 11.1 Å². The summed E-state index contributed by atoms with van der Waals surface area (Å²) in [6.45, 7) is 0. The van der Waals surface area contributed by atoms with E-state index in [1.54, 1.807) is 48.5 Å². The molecule has 0 saturated carbocycles. The number of hydrogen-bond acceptors (Lipinski definition) is 7. The first kappa shape index (κ1) is 23.0. The van der Waals surface area contributed by atoms with Crippen molar-refractivity contribution >= 4 is 51.5 Å². The van der Waals surface area contributed by atoms with E-state index in [9.17, 15) is 19.7 Å². The molecule has 4 rings (SSSR count). The lowest BCUT2D eigenvalue weighted by Gasteiger charge is -2.13. The average Bonchev–Trinajstić information content (AvgIpc) is 2.84. The molecule has 1 aromatic heterocycles. The highest BCUT2D eigenvalue weighted by molar-refractivity contribution is 7.99. The van der Waals surface area contributed by atoms with Crippen molar-refractivity contribution in [3.05, 3.63) is 97.8 Å². The SMILES string of the molecule is N#Cc1ccc(-n2c(SCC(=O)Nc3ccc([N+](=O)[O-])cc3Cl)nc3ccccc3c2=O)cc1. The Kier molecular flexibility index (Phi) is 6.58. The van der Waals surface area contributed by atoms with Crippen LogP contribution in [0.1, 0.15) is 5.56 Å². The summed E-state index contributed by atoms with van der Waals surface area (Å²) in [6.07, 6.45) is 0. The van der Waals surface area contributed by atoms with Gasteiger partial charge in [0.05, 0.1) is 49.6 Å². The number of fused-ring (bicyclic) bond motifs is 1. The van der Waals surface area contributed by atoms with Gasteiger partial charge < -0.3 is 5.32 Å². The van der Waals surface area contributed by atoms with Crippen LogP contribution in [0.5, 0.6) is 0 Å². The Morgan fingerprint density at radius 1 is 1.18 bits per heavy atom. The van der Waals surface area contributed by atoms with E-state index in [0.29, 0.717) is 27.3 Å². The summed E-state index contributed by atoms with van der Waals surface area (Å²) in [5, 5.41) is 23.3. The monoisotopic (exact) mass is 491 g/mol. The number of nitro groups is 1. The number of rotatable bonds is 6. The minimum Gasteiger partial charge on any atom is -0.324 e. The molecule has 0 aliphatic rings. The van der Waals surface area contributed by atoms with Crippen molar-refractivity contribution < 1.29 is 9.72 Å². The Labute approximate surface area is 201 Å². The van der Waals surface area contributed by atoms with Gasteiger partial charge in [-0.1, -0.05) is 35.5 Å². The zero-order valence-corrected chi connectivity index (χ0v) is 18.8. The van der Waals surface area contributed by atoms with E-state index in [-0.39, 0.29) is 27.7 Å². The summed E-state index contributed by atoms with van der Waals surface area (Å²) in [5.74, 6) is -0.538. The molecule has 9 nitrogen and oxygen atoms in total. The van der Waals surface area contributed by atoms with Gasteiger partial charge in [0.1, 0.15) is 0 Å².